The molecule has 1 aromatic rings. The third kappa shape index (κ3) is 1.49. The lowest BCUT2D eigenvalue weighted by molar-refractivity contribution is -0.148. The molecule has 4 rings (SSSR count). The Morgan fingerprint density at radius 3 is 1.95 bits per heavy atom. The van der Waals surface area contributed by atoms with E-state index >= 15 is 0 Å². The maximum atomic E-state index is 12.8. The van der Waals surface area contributed by atoms with Gasteiger partial charge in [-0.1, -0.05) is 30.3 Å². The van der Waals surface area contributed by atoms with Gasteiger partial charge in [-0.3, -0.25) is 14.5 Å². The monoisotopic (exact) mass is 283 g/mol. The summed E-state index contributed by atoms with van der Waals surface area (Å²) < 4.78 is 0. The van der Waals surface area contributed by atoms with Crippen molar-refractivity contribution in [2.75, 3.05) is 0 Å². The van der Waals surface area contributed by atoms with Gasteiger partial charge >= 0.3 is 0 Å². The molecule has 2 saturated carbocycles. The Kier molecular flexibility index (Phi) is 2.34. The molecule has 0 spiro atoms. The topological polar surface area (TPSA) is 37.4 Å². The molecule has 3 nitrogen and oxygen atoms in total. The zero-order valence-corrected chi connectivity index (χ0v) is 12.8. The van der Waals surface area contributed by atoms with Gasteiger partial charge in [0.15, 0.2) is 0 Å². The maximum absolute atomic E-state index is 12.8. The summed E-state index contributed by atoms with van der Waals surface area (Å²) >= 11 is 0. The van der Waals surface area contributed by atoms with E-state index in [0.717, 1.165) is 12.8 Å². The zero-order valence-electron chi connectivity index (χ0n) is 12.8. The molecule has 1 saturated heterocycles. The van der Waals surface area contributed by atoms with Crippen molar-refractivity contribution in [2.45, 2.75) is 44.6 Å². The molecule has 3 atom stereocenters. The van der Waals surface area contributed by atoms with Crippen molar-refractivity contribution in [1.29, 1.82) is 0 Å². The van der Waals surface area contributed by atoms with Gasteiger partial charge < -0.3 is 0 Å². The standard InChI is InChI=1S/C18H21NO2/c1-17(2,3)19-15(20)13-14(16(19)21)18(13,12-9-10-12)11-7-5-4-6-8-11/h4-8,12-14H,9-10H2,1-3H3/t13-,14+,18?. The van der Waals surface area contributed by atoms with Crippen LogP contribution >= 0.6 is 0 Å². The molecular weight excluding hydrogens is 262 g/mol. The molecule has 0 aromatic heterocycles. The summed E-state index contributed by atoms with van der Waals surface area (Å²) in [6, 6.07) is 10.2. The predicted molar refractivity (Wildman–Crippen MR) is 79.4 cm³/mol. The first-order valence-corrected chi connectivity index (χ1v) is 7.83. The first kappa shape index (κ1) is 13.1. The van der Waals surface area contributed by atoms with Crippen molar-refractivity contribution in [1.82, 2.24) is 4.90 Å². The van der Waals surface area contributed by atoms with E-state index in [1.165, 1.54) is 10.5 Å². The molecule has 0 bridgehead atoms. The Morgan fingerprint density at radius 2 is 1.52 bits per heavy atom. The summed E-state index contributed by atoms with van der Waals surface area (Å²) in [6.07, 6.45) is 2.30. The first-order chi connectivity index (χ1) is 9.90. The average Bonchev–Trinajstić information content (AvgIpc) is 3.29. The van der Waals surface area contributed by atoms with Crippen LogP contribution in [0.15, 0.2) is 30.3 Å². The van der Waals surface area contributed by atoms with Crippen LogP contribution in [0.1, 0.15) is 39.2 Å². The van der Waals surface area contributed by atoms with Crippen LogP contribution in [0.4, 0.5) is 0 Å². The van der Waals surface area contributed by atoms with E-state index in [0.29, 0.717) is 5.92 Å². The SMILES string of the molecule is CC(C)(C)N1C(=O)[C@@H]2[C@H](C1=O)C2(c1ccccc1)C1CC1. The van der Waals surface area contributed by atoms with E-state index in [2.05, 4.69) is 12.1 Å². The second kappa shape index (κ2) is 3.76. The second-order valence-corrected chi connectivity index (χ2v) is 7.71. The van der Waals surface area contributed by atoms with Gasteiger partial charge in [-0.15, -0.1) is 0 Å². The fraction of sp³-hybridized carbons (Fsp3) is 0.556. The number of piperidine rings is 1. The molecule has 1 aliphatic heterocycles. The van der Waals surface area contributed by atoms with Crippen LogP contribution in [0.25, 0.3) is 0 Å². The van der Waals surface area contributed by atoms with Gasteiger partial charge in [0.25, 0.3) is 0 Å². The largest absolute Gasteiger partial charge is 0.277 e. The smallest absolute Gasteiger partial charge is 0.234 e. The quantitative estimate of drug-likeness (QED) is 0.783. The number of nitrogens with zero attached hydrogens (tertiary/aromatic N) is 1. The summed E-state index contributed by atoms with van der Waals surface area (Å²) in [5, 5.41) is 0. The predicted octanol–water partition coefficient (Wildman–Crippen LogP) is 2.75. The van der Waals surface area contributed by atoms with Crippen molar-refractivity contribution in [3.05, 3.63) is 35.9 Å². The number of hydrogen-bond acceptors (Lipinski definition) is 2. The minimum Gasteiger partial charge on any atom is -0.277 e. The number of hydrogen-bond donors (Lipinski definition) is 0. The molecule has 3 fully saturated rings. The summed E-state index contributed by atoms with van der Waals surface area (Å²) in [6.45, 7) is 5.82. The lowest BCUT2D eigenvalue weighted by Gasteiger charge is -2.34. The van der Waals surface area contributed by atoms with Crippen LogP contribution < -0.4 is 0 Å². The summed E-state index contributed by atoms with van der Waals surface area (Å²) in [7, 11) is 0. The number of benzene rings is 1. The molecule has 2 amide bonds. The van der Waals surface area contributed by atoms with Crippen molar-refractivity contribution in [3.8, 4) is 0 Å². The summed E-state index contributed by atoms with van der Waals surface area (Å²) in [5.74, 6) is 0.393. The summed E-state index contributed by atoms with van der Waals surface area (Å²) in [5.41, 5.74) is 0.600. The van der Waals surface area contributed by atoms with Gasteiger partial charge in [0.2, 0.25) is 11.8 Å². The van der Waals surface area contributed by atoms with Crippen LogP contribution in [0.2, 0.25) is 0 Å². The number of carbonyl (C=O) groups excluding carboxylic acids is 2. The molecule has 2 aliphatic carbocycles. The highest BCUT2D eigenvalue weighted by Crippen LogP contribution is 2.73. The lowest BCUT2D eigenvalue weighted by Crippen LogP contribution is -2.50. The Balaban J connectivity index is 1.77. The van der Waals surface area contributed by atoms with Crippen molar-refractivity contribution in [2.24, 2.45) is 17.8 Å². The highest BCUT2D eigenvalue weighted by molar-refractivity contribution is 6.12. The number of amides is 2. The fourth-order valence-corrected chi connectivity index (χ4v) is 4.54. The third-order valence-electron chi connectivity index (χ3n) is 5.42. The Hall–Kier alpha value is -1.64. The highest BCUT2D eigenvalue weighted by atomic mass is 16.2. The zero-order chi connectivity index (χ0) is 15.0. The Labute approximate surface area is 125 Å². The minimum atomic E-state index is -0.409. The molecule has 0 N–H and O–H groups in total. The highest BCUT2D eigenvalue weighted by Gasteiger charge is 2.81. The number of rotatable bonds is 2. The molecule has 1 aromatic carbocycles. The molecule has 1 unspecified atom stereocenters. The van der Waals surface area contributed by atoms with Gasteiger partial charge in [0.05, 0.1) is 11.8 Å². The van der Waals surface area contributed by atoms with E-state index < -0.39 is 5.54 Å². The normalized spacial score (nSPS) is 35.1. The van der Waals surface area contributed by atoms with Crippen LogP contribution in [-0.2, 0) is 15.0 Å². The fourth-order valence-electron chi connectivity index (χ4n) is 4.54. The molecule has 3 aliphatic rings. The molecule has 1 heterocycles. The Morgan fingerprint density at radius 1 is 1.00 bits per heavy atom. The van der Waals surface area contributed by atoms with Crippen molar-refractivity contribution in [3.63, 3.8) is 0 Å². The van der Waals surface area contributed by atoms with Gasteiger partial charge in [-0.25, -0.2) is 0 Å². The van der Waals surface area contributed by atoms with Crippen LogP contribution in [-0.4, -0.2) is 22.3 Å². The van der Waals surface area contributed by atoms with E-state index in [4.69, 9.17) is 0 Å². The van der Waals surface area contributed by atoms with Gasteiger partial charge in [0, 0.05) is 11.0 Å². The van der Waals surface area contributed by atoms with Crippen molar-refractivity contribution >= 4 is 11.8 Å². The average molecular weight is 283 g/mol. The number of fused-ring (bicyclic) bond motifs is 1. The van der Waals surface area contributed by atoms with E-state index in [9.17, 15) is 9.59 Å². The Bertz CT molecular complexity index is 602. The third-order valence-corrected chi connectivity index (χ3v) is 5.42. The van der Waals surface area contributed by atoms with Crippen molar-refractivity contribution < 1.29 is 9.59 Å². The number of likely N-dealkylation sites (tertiary alicyclic amines) is 1. The molecule has 21 heavy (non-hydrogen) atoms. The van der Waals surface area contributed by atoms with E-state index in [1.807, 2.05) is 39.0 Å². The van der Waals surface area contributed by atoms with E-state index in [1.54, 1.807) is 0 Å². The molecule has 110 valence electrons. The van der Waals surface area contributed by atoms with Crippen LogP contribution in [0.3, 0.4) is 0 Å². The molecular formula is C18H21NO2. The van der Waals surface area contributed by atoms with E-state index in [-0.39, 0.29) is 29.1 Å². The van der Waals surface area contributed by atoms with Gasteiger partial charge in [-0.2, -0.15) is 0 Å². The van der Waals surface area contributed by atoms with Crippen LogP contribution in [0, 0.1) is 17.8 Å². The molecule has 0 radical (unpaired) electrons. The number of carbonyl (C=O) groups is 2. The van der Waals surface area contributed by atoms with Crippen LogP contribution in [0.5, 0.6) is 0 Å². The first-order valence-electron chi connectivity index (χ1n) is 7.83. The van der Waals surface area contributed by atoms with Gasteiger partial charge in [-0.05, 0) is 45.1 Å². The minimum absolute atomic E-state index is 0.0493. The molecule has 3 heteroatoms. The van der Waals surface area contributed by atoms with Gasteiger partial charge in [0.1, 0.15) is 0 Å². The summed E-state index contributed by atoms with van der Waals surface area (Å²) in [4.78, 5) is 27.2. The maximum Gasteiger partial charge on any atom is 0.234 e. The lowest BCUT2D eigenvalue weighted by atomic mass is 9.84. The second-order valence-electron chi connectivity index (χ2n) is 7.71. The number of imide groups is 1.